The molecule has 1 aliphatic rings. The number of aromatic amines is 1. The maximum atomic E-state index is 9.14. The lowest BCUT2D eigenvalue weighted by Crippen LogP contribution is -2.20. The van der Waals surface area contributed by atoms with Crippen LogP contribution in [0.15, 0.2) is 24.4 Å². The fraction of sp³-hybridized carbons (Fsp3) is 0.438. The molecule has 3 heteroatoms. The third-order valence-corrected chi connectivity index (χ3v) is 4.38. The minimum Gasteiger partial charge on any atom is -0.360 e. The average Bonchev–Trinajstić information content (AvgIpc) is 3.04. The van der Waals surface area contributed by atoms with Gasteiger partial charge in [-0.1, -0.05) is 12.5 Å². The zero-order valence-corrected chi connectivity index (χ0v) is 11.2. The number of nitrogens with zero attached hydrogens (tertiary/aromatic N) is 1. The van der Waals surface area contributed by atoms with Crippen molar-refractivity contribution in [2.75, 3.05) is 13.6 Å². The van der Waals surface area contributed by atoms with Gasteiger partial charge in [-0.3, -0.25) is 0 Å². The fourth-order valence-corrected chi connectivity index (χ4v) is 3.44. The number of hydrogen-bond acceptors (Lipinski definition) is 2. The van der Waals surface area contributed by atoms with E-state index in [2.05, 4.69) is 34.6 Å². The molecule has 1 heterocycles. The lowest BCUT2D eigenvalue weighted by atomic mass is 9.88. The molecular formula is C16H19N3. The monoisotopic (exact) mass is 253 g/mol. The number of nitriles is 1. The van der Waals surface area contributed by atoms with E-state index >= 15 is 0 Å². The van der Waals surface area contributed by atoms with Gasteiger partial charge in [-0.2, -0.15) is 5.26 Å². The second kappa shape index (κ2) is 5.07. The highest BCUT2D eigenvalue weighted by atomic mass is 14.8. The molecule has 3 nitrogen and oxygen atoms in total. The molecule has 0 unspecified atom stereocenters. The van der Waals surface area contributed by atoms with Crippen molar-refractivity contribution in [2.24, 2.45) is 5.92 Å². The summed E-state index contributed by atoms with van der Waals surface area (Å²) in [6.07, 6.45) is 5.69. The van der Waals surface area contributed by atoms with E-state index in [1.54, 1.807) is 6.20 Å². The van der Waals surface area contributed by atoms with Gasteiger partial charge in [0, 0.05) is 17.1 Å². The summed E-state index contributed by atoms with van der Waals surface area (Å²) in [6.45, 7) is 1.08. The van der Waals surface area contributed by atoms with E-state index in [9.17, 15) is 0 Å². The zero-order chi connectivity index (χ0) is 13.2. The van der Waals surface area contributed by atoms with Crippen molar-refractivity contribution in [1.29, 1.82) is 5.26 Å². The van der Waals surface area contributed by atoms with Crippen LogP contribution in [0.25, 0.3) is 10.9 Å². The van der Waals surface area contributed by atoms with E-state index in [4.69, 9.17) is 5.26 Å². The molecule has 0 amide bonds. The number of benzene rings is 1. The number of hydrogen-bond donors (Lipinski definition) is 2. The highest BCUT2D eigenvalue weighted by Gasteiger charge is 2.28. The molecule has 2 atom stereocenters. The molecule has 3 rings (SSSR count). The Hall–Kier alpha value is -1.79. The van der Waals surface area contributed by atoms with E-state index in [1.807, 2.05) is 7.05 Å². The summed E-state index contributed by atoms with van der Waals surface area (Å²) in [5.74, 6) is 1.37. The molecule has 1 aliphatic carbocycles. The maximum absolute atomic E-state index is 9.14. The van der Waals surface area contributed by atoms with E-state index in [0.717, 1.165) is 28.9 Å². The molecular weight excluding hydrogens is 234 g/mol. The summed E-state index contributed by atoms with van der Waals surface area (Å²) >= 11 is 0. The van der Waals surface area contributed by atoms with Crippen LogP contribution in [-0.2, 0) is 0 Å². The Balaban J connectivity index is 1.98. The van der Waals surface area contributed by atoms with E-state index in [0.29, 0.717) is 5.92 Å². The lowest BCUT2D eigenvalue weighted by molar-refractivity contribution is 0.463. The summed E-state index contributed by atoms with van der Waals surface area (Å²) in [5.41, 5.74) is 3.20. The minimum atomic E-state index is 0.637. The third-order valence-electron chi connectivity index (χ3n) is 4.38. The van der Waals surface area contributed by atoms with Gasteiger partial charge in [0.1, 0.15) is 6.07 Å². The van der Waals surface area contributed by atoms with Crippen molar-refractivity contribution in [3.05, 3.63) is 35.5 Å². The Labute approximate surface area is 113 Å². The maximum Gasteiger partial charge on any atom is 0.101 e. The molecule has 98 valence electrons. The first-order chi connectivity index (χ1) is 9.33. The highest BCUT2D eigenvalue weighted by Crippen LogP contribution is 2.40. The van der Waals surface area contributed by atoms with E-state index in [-0.39, 0.29) is 0 Å². The average molecular weight is 253 g/mol. The smallest absolute Gasteiger partial charge is 0.101 e. The summed E-state index contributed by atoms with van der Waals surface area (Å²) in [6, 6.07) is 8.80. The molecule has 0 bridgehead atoms. The molecule has 1 saturated carbocycles. The van der Waals surface area contributed by atoms with Crippen LogP contribution in [-0.4, -0.2) is 18.6 Å². The molecule has 0 radical (unpaired) electrons. The number of rotatable bonds is 3. The summed E-state index contributed by atoms with van der Waals surface area (Å²) in [4.78, 5) is 3.16. The van der Waals surface area contributed by atoms with Gasteiger partial charge in [-0.25, -0.2) is 0 Å². The first-order valence-electron chi connectivity index (χ1n) is 6.99. The van der Waals surface area contributed by atoms with E-state index < -0.39 is 0 Å². The molecule has 0 spiro atoms. The van der Waals surface area contributed by atoms with Crippen molar-refractivity contribution >= 4 is 10.9 Å². The van der Waals surface area contributed by atoms with Gasteiger partial charge < -0.3 is 10.3 Å². The first-order valence-corrected chi connectivity index (χ1v) is 6.99. The van der Waals surface area contributed by atoms with Crippen molar-refractivity contribution in [3.8, 4) is 6.07 Å². The van der Waals surface area contributed by atoms with Gasteiger partial charge in [-0.05, 0) is 56.0 Å². The fourth-order valence-electron chi connectivity index (χ4n) is 3.44. The Morgan fingerprint density at radius 1 is 1.42 bits per heavy atom. The number of nitrogens with one attached hydrogen (secondary N) is 2. The van der Waals surface area contributed by atoms with Gasteiger partial charge >= 0.3 is 0 Å². The minimum absolute atomic E-state index is 0.637. The largest absolute Gasteiger partial charge is 0.360 e. The van der Waals surface area contributed by atoms with Crippen LogP contribution in [0.3, 0.4) is 0 Å². The molecule has 19 heavy (non-hydrogen) atoms. The quantitative estimate of drug-likeness (QED) is 0.883. The molecule has 0 aliphatic heterocycles. The standard InChI is InChI=1S/C16H19N3/c1-18-9-12-3-2-4-14(12)11-5-6-16-15(7-11)13(8-17)10-19-16/h5-7,10,12,14,18-19H,2-4,9H2,1H3/t12-,14+/m0/s1. The van der Waals surface area contributed by atoms with Crippen molar-refractivity contribution in [2.45, 2.75) is 25.2 Å². The van der Waals surface area contributed by atoms with Crippen molar-refractivity contribution in [1.82, 2.24) is 10.3 Å². The zero-order valence-electron chi connectivity index (χ0n) is 11.2. The van der Waals surface area contributed by atoms with Crippen molar-refractivity contribution < 1.29 is 0 Å². The molecule has 2 aromatic rings. The Bertz CT molecular complexity index is 620. The summed E-state index contributed by atoms with van der Waals surface area (Å²) < 4.78 is 0. The number of aromatic nitrogens is 1. The predicted octanol–water partition coefficient (Wildman–Crippen LogP) is 3.14. The molecule has 2 N–H and O–H groups in total. The van der Waals surface area contributed by atoms with Gasteiger partial charge in [-0.15, -0.1) is 0 Å². The molecule has 0 saturated heterocycles. The van der Waals surface area contributed by atoms with Gasteiger partial charge in [0.05, 0.1) is 5.56 Å². The van der Waals surface area contributed by atoms with Gasteiger partial charge in [0.15, 0.2) is 0 Å². The normalized spacial score (nSPS) is 22.7. The predicted molar refractivity (Wildman–Crippen MR) is 77.0 cm³/mol. The number of fused-ring (bicyclic) bond motifs is 1. The lowest BCUT2D eigenvalue weighted by Gasteiger charge is -2.19. The SMILES string of the molecule is CNC[C@@H]1CCC[C@@H]1c1ccc2[nH]cc(C#N)c2c1. The van der Waals surface area contributed by atoms with Crippen molar-refractivity contribution in [3.63, 3.8) is 0 Å². The van der Waals surface area contributed by atoms with Crippen LogP contribution >= 0.6 is 0 Å². The molecule has 1 aromatic carbocycles. The molecule has 1 aromatic heterocycles. The third kappa shape index (κ3) is 2.13. The van der Waals surface area contributed by atoms with Crippen LogP contribution in [0, 0.1) is 17.2 Å². The summed E-state index contributed by atoms with van der Waals surface area (Å²) in [7, 11) is 2.03. The van der Waals surface area contributed by atoms with Gasteiger partial charge in [0.25, 0.3) is 0 Å². The highest BCUT2D eigenvalue weighted by molar-refractivity contribution is 5.86. The molecule has 1 fully saturated rings. The van der Waals surface area contributed by atoms with Gasteiger partial charge in [0.2, 0.25) is 0 Å². The Kier molecular flexibility index (Phi) is 3.27. The first kappa shape index (κ1) is 12.3. The number of H-pyrrole nitrogens is 1. The van der Waals surface area contributed by atoms with E-state index in [1.165, 1.54) is 24.8 Å². The Morgan fingerprint density at radius 3 is 3.11 bits per heavy atom. The van der Waals surface area contributed by atoms with Crippen LogP contribution in [0.5, 0.6) is 0 Å². The van der Waals surface area contributed by atoms with Crippen LogP contribution in [0.2, 0.25) is 0 Å². The topological polar surface area (TPSA) is 51.6 Å². The Morgan fingerprint density at radius 2 is 2.32 bits per heavy atom. The second-order valence-electron chi connectivity index (χ2n) is 5.47. The summed E-state index contributed by atoms with van der Waals surface area (Å²) in [5, 5.41) is 13.5. The van der Waals surface area contributed by atoms with Crippen LogP contribution < -0.4 is 5.32 Å². The van der Waals surface area contributed by atoms with Crippen LogP contribution in [0.1, 0.15) is 36.3 Å². The second-order valence-corrected chi connectivity index (χ2v) is 5.47. The van der Waals surface area contributed by atoms with Crippen LogP contribution in [0.4, 0.5) is 0 Å².